The molecule has 4 aromatic rings. The summed E-state index contributed by atoms with van der Waals surface area (Å²) in [4.78, 5) is 15.6. The van der Waals surface area contributed by atoms with Crippen LogP contribution in [0.25, 0.3) is 22.5 Å². The number of hydrogen-bond donors (Lipinski definition) is 2. The third-order valence-electron chi connectivity index (χ3n) is 6.01. The van der Waals surface area contributed by atoms with Crippen LogP contribution < -0.4 is 10.1 Å². The quantitative estimate of drug-likeness (QED) is 0.390. The van der Waals surface area contributed by atoms with Gasteiger partial charge in [-0.05, 0) is 42.8 Å². The van der Waals surface area contributed by atoms with Gasteiger partial charge in [-0.1, -0.05) is 0 Å². The molecule has 0 saturated carbocycles. The van der Waals surface area contributed by atoms with Gasteiger partial charge in [0.1, 0.15) is 17.9 Å². The number of nitrogens with zero attached hydrogens (tertiary/aromatic N) is 7. The van der Waals surface area contributed by atoms with Crippen LogP contribution in [0.5, 0.6) is 5.75 Å². The molecular weight excluding hydrogens is 456 g/mol. The number of hydrogen-bond acceptors (Lipinski definition) is 9. The number of β-amino-alcohol motifs (C(OH)–C–C–N with tert-alkyl or cyclic N) is 1. The van der Waals surface area contributed by atoms with E-state index in [2.05, 4.69) is 36.3 Å². The topological polar surface area (TPSA) is 125 Å². The smallest absolute Gasteiger partial charge is 0.227 e. The highest BCUT2D eigenvalue weighted by Gasteiger charge is 2.24. The summed E-state index contributed by atoms with van der Waals surface area (Å²) in [6.45, 7) is 2.39. The van der Waals surface area contributed by atoms with Crippen LogP contribution >= 0.6 is 0 Å². The van der Waals surface area contributed by atoms with Gasteiger partial charge < -0.3 is 15.2 Å². The van der Waals surface area contributed by atoms with E-state index in [0.29, 0.717) is 29.5 Å². The number of benzene rings is 1. The molecule has 2 N–H and O–H groups in total. The maximum atomic E-state index is 9.74. The minimum absolute atomic E-state index is 0.00118. The van der Waals surface area contributed by atoms with Crippen molar-refractivity contribution in [2.45, 2.75) is 12.5 Å². The highest BCUT2D eigenvalue weighted by molar-refractivity contribution is 5.67. The summed E-state index contributed by atoms with van der Waals surface area (Å²) in [5, 5.41) is 26.3. The summed E-state index contributed by atoms with van der Waals surface area (Å²) in [6.07, 6.45) is 7.94. The van der Waals surface area contributed by atoms with E-state index in [0.717, 1.165) is 42.0 Å². The number of nitrogens with one attached hydrogen (secondary N) is 1. The Bertz CT molecular complexity index is 1400. The Kier molecular flexibility index (Phi) is 6.84. The minimum atomic E-state index is 0.00118. The Morgan fingerprint density at radius 1 is 1.14 bits per heavy atom. The van der Waals surface area contributed by atoms with Gasteiger partial charge in [-0.15, -0.1) is 0 Å². The first kappa shape index (κ1) is 23.4. The van der Waals surface area contributed by atoms with Gasteiger partial charge in [0.05, 0.1) is 29.8 Å². The molecule has 0 bridgehead atoms. The van der Waals surface area contributed by atoms with Crippen molar-refractivity contribution in [2.75, 3.05) is 31.6 Å². The number of aromatic nitrogens is 5. The molecule has 1 aliphatic rings. The lowest BCUT2D eigenvalue weighted by atomic mass is 10.1. The lowest BCUT2D eigenvalue weighted by molar-refractivity contribution is 0.180. The van der Waals surface area contributed by atoms with E-state index in [1.54, 1.807) is 35.4 Å². The fraction of sp³-hybridized carbons (Fsp3) is 0.269. The highest BCUT2D eigenvalue weighted by atomic mass is 16.5. The van der Waals surface area contributed by atoms with Gasteiger partial charge in [0.15, 0.2) is 0 Å². The second-order valence-corrected chi connectivity index (χ2v) is 8.60. The van der Waals surface area contributed by atoms with Crippen LogP contribution in [0.3, 0.4) is 0 Å². The molecule has 0 aliphatic carbocycles. The lowest BCUT2D eigenvalue weighted by Crippen LogP contribution is -2.27. The van der Waals surface area contributed by atoms with Gasteiger partial charge in [-0.2, -0.15) is 10.4 Å². The first-order chi connectivity index (χ1) is 17.6. The summed E-state index contributed by atoms with van der Waals surface area (Å²) in [6, 6.07) is 13.3. The molecule has 182 valence electrons. The minimum Gasteiger partial charge on any atom is -0.488 e. The van der Waals surface area contributed by atoms with E-state index in [-0.39, 0.29) is 12.7 Å². The molecule has 1 fully saturated rings. The van der Waals surface area contributed by atoms with Crippen LogP contribution in [0.4, 0.5) is 11.6 Å². The molecule has 1 aliphatic heterocycles. The third-order valence-corrected chi connectivity index (χ3v) is 6.01. The van der Waals surface area contributed by atoms with Crippen LogP contribution in [0.1, 0.15) is 12.0 Å². The largest absolute Gasteiger partial charge is 0.488 e. The SMILES string of the molecule is Cn1cc(-c2cc(Nc3nccc(-c4ccc(OC5CCN(CCO)C5)c(C#N)c4)n3)ccn2)cn1. The van der Waals surface area contributed by atoms with Gasteiger partial charge in [-0.3, -0.25) is 14.6 Å². The predicted molar refractivity (Wildman–Crippen MR) is 134 cm³/mol. The molecule has 0 spiro atoms. The maximum Gasteiger partial charge on any atom is 0.227 e. The Balaban J connectivity index is 1.32. The van der Waals surface area contributed by atoms with Gasteiger partial charge in [0.2, 0.25) is 5.95 Å². The molecule has 10 nitrogen and oxygen atoms in total. The Morgan fingerprint density at radius 2 is 2.03 bits per heavy atom. The first-order valence-electron chi connectivity index (χ1n) is 11.7. The van der Waals surface area contributed by atoms with Crippen LogP contribution in [0.15, 0.2) is 61.2 Å². The lowest BCUT2D eigenvalue weighted by Gasteiger charge is -2.17. The number of pyridine rings is 1. The van der Waals surface area contributed by atoms with Crippen LogP contribution in [-0.2, 0) is 7.05 Å². The number of anilines is 2. The second-order valence-electron chi connectivity index (χ2n) is 8.60. The zero-order valence-corrected chi connectivity index (χ0v) is 19.9. The predicted octanol–water partition coefficient (Wildman–Crippen LogP) is 3.00. The number of likely N-dealkylation sites (tertiary alicyclic amines) is 1. The molecule has 4 heterocycles. The van der Waals surface area contributed by atoms with Crippen molar-refractivity contribution in [1.29, 1.82) is 5.26 Å². The van der Waals surface area contributed by atoms with Crippen molar-refractivity contribution in [3.05, 3.63) is 66.7 Å². The molecule has 1 saturated heterocycles. The highest BCUT2D eigenvalue weighted by Crippen LogP contribution is 2.28. The summed E-state index contributed by atoms with van der Waals surface area (Å²) >= 11 is 0. The molecule has 0 radical (unpaired) electrons. The van der Waals surface area contributed by atoms with Crippen molar-refractivity contribution in [2.24, 2.45) is 7.05 Å². The summed E-state index contributed by atoms with van der Waals surface area (Å²) in [5.74, 6) is 0.994. The van der Waals surface area contributed by atoms with Gasteiger partial charge in [-0.25, -0.2) is 9.97 Å². The first-order valence-corrected chi connectivity index (χ1v) is 11.7. The third kappa shape index (κ3) is 5.33. The molecule has 3 aromatic heterocycles. The molecule has 1 aromatic carbocycles. The Hall–Kier alpha value is -4.33. The van der Waals surface area contributed by atoms with Gasteiger partial charge in [0, 0.05) is 62.1 Å². The average molecular weight is 483 g/mol. The number of aliphatic hydroxyl groups is 1. The normalized spacial score (nSPS) is 15.5. The van der Waals surface area contributed by atoms with Crippen molar-refractivity contribution < 1.29 is 9.84 Å². The zero-order chi connectivity index (χ0) is 24.9. The van der Waals surface area contributed by atoms with E-state index >= 15 is 0 Å². The maximum absolute atomic E-state index is 9.74. The second kappa shape index (κ2) is 10.5. The monoisotopic (exact) mass is 482 g/mol. The van der Waals surface area contributed by atoms with E-state index in [4.69, 9.17) is 9.84 Å². The summed E-state index contributed by atoms with van der Waals surface area (Å²) < 4.78 is 7.85. The number of rotatable bonds is 8. The zero-order valence-electron chi connectivity index (χ0n) is 19.9. The molecule has 1 unspecified atom stereocenters. The standard InChI is InChI=1S/C26H26N8O2/c1-33-16-20(15-30-33)24-13-21(4-7-28-24)31-26-29-8-5-23(32-26)18-2-3-25(19(12-18)14-27)36-22-6-9-34(17-22)10-11-35/h2-5,7-8,12-13,15-16,22,35H,6,9-11,17H2,1H3,(H,28,29,31,32). The number of nitriles is 1. The van der Waals surface area contributed by atoms with Gasteiger partial charge in [0.25, 0.3) is 0 Å². The van der Waals surface area contributed by atoms with E-state index in [9.17, 15) is 5.26 Å². The van der Waals surface area contributed by atoms with E-state index in [1.807, 2.05) is 37.5 Å². The molecular formula is C26H26N8O2. The molecule has 5 rings (SSSR count). The number of ether oxygens (including phenoxy) is 1. The summed E-state index contributed by atoms with van der Waals surface area (Å²) in [7, 11) is 1.86. The van der Waals surface area contributed by atoms with Crippen molar-refractivity contribution in [1.82, 2.24) is 29.6 Å². The van der Waals surface area contributed by atoms with E-state index < -0.39 is 0 Å². The van der Waals surface area contributed by atoms with Gasteiger partial charge >= 0.3 is 0 Å². The Labute approximate surface area is 208 Å². The molecule has 36 heavy (non-hydrogen) atoms. The van der Waals surface area contributed by atoms with Crippen LogP contribution in [0, 0.1) is 11.3 Å². The van der Waals surface area contributed by atoms with Crippen LogP contribution in [0.2, 0.25) is 0 Å². The fourth-order valence-electron chi connectivity index (χ4n) is 4.23. The van der Waals surface area contributed by atoms with Crippen molar-refractivity contribution in [3.63, 3.8) is 0 Å². The van der Waals surface area contributed by atoms with Crippen LogP contribution in [-0.4, -0.2) is 67.1 Å². The summed E-state index contributed by atoms with van der Waals surface area (Å²) in [5.41, 5.74) is 4.45. The number of aryl methyl sites for hydroxylation is 1. The molecule has 0 amide bonds. The molecule has 10 heteroatoms. The molecule has 1 atom stereocenters. The van der Waals surface area contributed by atoms with E-state index in [1.165, 1.54) is 0 Å². The average Bonchev–Trinajstić information content (AvgIpc) is 3.53. The fourth-order valence-corrected chi connectivity index (χ4v) is 4.23. The van der Waals surface area contributed by atoms with Crippen molar-refractivity contribution >= 4 is 11.6 Å². The van der Waals surface area contributed by atoms with Crippen molar-refractivity contribution in [3.8, 4) is 34.3 Å². The number of aliphatic hydroxyl groups excluding tert-OH is 1. The Morgan fingerprint density at radius 3 is 2.83 bits per heavy atom.